The van der Waals surface area contributed by atoms with Crippen LogP contribution in [0.1, 0.15) is 10.4 Å². The van der Waals surface area contributed by atoms with Gasteiger partial charge in [-0.05, 0) is 30.3 Å². The molecule has 1 aliphatic rings. The zero-order chi connectivity index (χ0) is 15.5. The molecular weight excluding hydrogens is 286 g/mol. The van der Waals surface area contributed by atoms with Crippen LogP contribution in [0.25, 0.3) is 0 Å². The summed E-state index contributed by atoms with van der Waals surface area (Å²) < 4.78 is 26.9. The van der Waals surface area contributed by atoms with Gasteiger partial charge in [0.15, 0.2) is 0 Å². The van der Waals surface area contributed by atoms with Crippen LogP contribution in [0.15, 0.2) is 48.5 Å². The lowest BCUT2D eigenvalue weighted by atomic mass is 10.1. The summed E-state index contributed by atoms with van der Waals surface area (Å²) in [6, 6.07) is 12.9. The van der Waals surface area contributed by atoms with E-state index in [4.69, 9.17) is 0 Å². The first kappa shape index (κ1) is 14.5. The summed E-state index contributed by atoms with van der Waals surface area (Å²) >= 11 is 0. The summed E-state index contributed by atoms with van der Waals surface area (Å²) in [5.74, 6) is -1.74. The van der Waals surface area contributed by atoms with Crippen LogP contribution in [-0.4, -0.2) is 37.0 Å². The van der Waals surface area contributed by atoms with Gasteiger partial charge in [0.25, 0.3) is 5.91 Å². The molecule has 1 saturated heterocycles. The zero-order valence-electron chi connectivity index (χ0n) is 12.0. The molecule has 1 heterocycles. The fourth-order valence-corrected chi connectivity index (χ4v) is 2.64. The van der Waals surface area contributed by atoms with Crippen LogP contribution in [0.4, 0.5) is 14.5 Å². The van der Waals surface area contributed by atoms with Gasteiger partial charge in [-0.2, -0.15) is 0 Å². The number of anilines is 1. The number of nitrogens with zero attached hydrogens (tertiary/aromatic N) is 2. The van der Waals surface area contributed by atoms with Gasteiger partial charge < -0.3 is 9.80 Å². The van der Waals surface area contributed by atoms with Crippen molar-refractivity contribution in [2.45, 2.75) is 0 Å². The van der Waals surface area contributed by atoms with Crippen LogP contribution in [0, 0.1) is 11.6 Å². The predicted octanol–water partition coefficient (Wildman–Crippen LogP) is 2.93. The Balaban J connectivity index is 1.68. The lowest BCUT2D eigenvalue weighted by Crippen LogP contribution is -2.49. The number of hydrogen-bond donors (Lipinski definition) is 0. The van der Waals surface area contributed by atoms with Gasteiger partial charge >= 0.3 is 0 Å². The van der Waals surface area contributed by atoms with Gasteiger partial charge in [-0.1, -0.05) is 18.2 Å². The summed E-state index contributed by atoms with van der Waals surface area (Å²) in [6.45, 7) is 2.33. The van der Waals surface area contributed by atoms with Crippen LogP contribution in [0.2, 0.25) is 0 Å². The maximum Gasteiger partial charge on any atom is 0.257 e. The average molecular weight is 302 g/mol. The number of piperazine rings is 1. The molecule has 0 saturated carbocycles. The normalized spacial score (nSPS) is 15.0. The quantitative estimate of drug-likeness (QED) is 0.851. The largest absolute Gasteiger partial charge is 0.368 e. The maximum absolute atomic E-state index is 13.7. The molecule has 1 amide bonds. The Labute approximate surface area is 127 Å². The van der Waals surface area contributed by atoms with E-state index in [1.54, 1.807) is 4.90 Å². The molecule has 3 nitrogen and oxygen atoms in total. The van der Waals surface area contributed by atoms with Gasteiger partial charge in [-0.15, -0.1) is 0 Å². The SMILES string of the molecule is O=C(c1cc(F)ccc1F)N1CCN(c2ccccc2)CC1. The third kappa shape index (κ3) is 2.93. The van der Waals surface area contributed by atoms with E-state index in [1.165, 1.54) is 0 Å². The van der Waals surface area contributed by atoms with Crippen LogP contribution >= 0.6 is 0 Å². The maximum atomic E-state index is 13.7. The van der Waals surface area contributed by atoms with Gasteiger partial charge in [0, 0.05) is 31.9 Å². The van der Waals surface area contributed by atoms with E-state index < -0.39 is 17.5 Å². The van der Waals surface area contributed by atoms with E-state index in [0.717, 1.165) is 23.9 Å². The van der Waals surface area contributed by atoms with Crippen molar-refractivity contribution in [2.24, 2.45) is 0 Å². The highest BCUT2D eigenvalue weighted by molar-refractivity contribution is 5.94. The number of amides is 1. The highest BCUT2D eigenvalue weighted by Gasteiger charge is 2.24. The number of carbonyl (C=O) groups excluding carboxylic acids is 1. The fourth-order valence-electron chi connectivity index (χ4n) is 2.64. The molecule has 0 unspecified atom stereocenters. The number of benzene rings is 2. The van der Waals surface area contributed by atoms with Crippen molar-refractivity contribution in [2.75, 3.05) is 31.1 Å². The Morgan fingerprint density at radius 1 is 0.909 bits per heavy atom. The summed E-state index contributed by atoms with van der Waals surface area (Å²) in [7, 11) is 0. The molecule has 114 valence electrons. The van der Waals surface area contributed by atoms with Crippen molar-refractivity contribution in [1.82, 2.24) is 4.90 Å². The fraction of sp³-hybridized carbons (Fsp3) is 0.235. The summed E-state index contributed by atoms with van der Waals surface area (Å²) in [6.07, 6.45) is 0. The molecule has 2 aromatic carbocycles. The first-order chi connectivity index (χ1) is 10.6. The van der Waals surface area contributed by atoms with Crippen molar-refractivity contribution in [3.63, 3.8) is 0 Å². The Morgan fingerprint density at radius 3 is 2.27 bits per heavy atom. The van der Waals surface area contributed by atoms with Crippen molar-refractivity contribution in [3.8, 4) is 0 Å². The minimum absolute atomic E-state index is 0.201. The van der Waals surface area contributed by atoms with E-state index in [2.05, 4.69) is 4.90 Å². The summed E-state index contributed by atoms with van der Waals surface area (Å²) in [4.78, 5) is 16.1. The average Bonchev–Trinajstić information content (AvgIpc) is 2.57. The van der Waals surface area contributed by atoms with Crippen LogP contribution in [0.3, 0.4) is 0 Å². The molecule has 3 rings (SSSR count). The van der Waals surface area contributed by atoms with Crippen molar-refractivity contribution in [1.29, 1.82) is 0 Å². The van der Waals surface area contributed by atoms with Crippen LogP contribution < -0.4 is 4.90 Å². The molecule has 0 aromatic heterocycles. The van der Waals surface area contributed by atoms with Crippen molar-refractivity contribution >= 4 is 11.6 Å². The van der Waals surface area contributed by atoms with Crippen LogP contribution in [-0.2, 0) is 0 Å². The second-order valence-corrected chi connectivity index (χ2v) is 5.24. The number of rotatable bonds is 2. The van der Waals surface area contributed by atoms with Gasteiger partial charge in [-0.25, -0.2) is 8.78 Å². The van der Waals surface area contributed by atoms with Crippen molar-refractivity contribution < 1.29 is 13.6 Å². The van der Waals surface area contributed by atoms with Gasteiger partial charge in [-0.3, -0.25) is 4.79 Å². The first-order valence-electron chi connectivity index (χ1n) is 7.19. The molecule has 0 aliphatic carbocycles. The van der Waals surface area contributed by atoms with Crippen LogP contribution in [0.5, 0.6) is 0 Å². The van der Waals surface area contributed by atoms with E-state index >= 15 is 0 Å². The molecule has 0 radical (unpaired) electrons. The highest BCUT2D eigenvalue weighted by atomic mass is 19.1. The van der Waals surface area contributed by atoms with Crippen molar-refractivity contribution in [3.05, 3.63) is 65.7 Å². The second kappa shape index (κ2) is 6.13. The van der Waals surface area contributed by atoms with E-state index in [0.29, 0.717) is 26.2 Å². The minimum Gasteiger partial charge on any atom is -0.368 e. The van der Waals surface area contributed by atoms with Gasteiger partial charge in [0.05, 0.1) is 5.56 Å². The van der Waals surface area contributed by atoms with Gasteiger partial charge in [0.2, 0.25) is 0 Å². The lowest BCUT2D eigenvalue weighted by molar-refractivity contribution is 0.0741. The van der Waals surface area contributed by atoms with E-state index in [-0.39, 0.29) is 5.56 Å². The third-order valence-corrected chi connectivity index (χ3v) is 3.85. The molecule has 22 heavy (non-hydrogen) atoms. The van der Waals surface area contributed by atoms with E-state index in [9.17, 15) is 13.6 Å². The summed E-state index contributed by atoms with van der Waals surface area (Å²) in [5.41, 5.74) is 0.902. The Bertz CT molecular complexity index is 668. The molecule has 0 atom stereocenters. The molecule has 0 bridgehead atoms. The number of hydrogen-bond acceptors (Lipinski definition) is 2. The number of halogens is 2. The van der Waals surface area contributed by atoms with E-state index in [1.807, 2.05) is 30.3 Å². The molecule has 1 aliphatic heterocycles. The first-order valence-corrected chi connectivity index (χ1v) is 7.19. The zero-order valence-corrected chi connectivity index (χ0v) is 12.0. The molecule has 0 N–H and O–H groups in total. The topological polar surface area (TPSA) is 23.6 Å². The Morgan fingerprint density at radius 2 is 1.59 bits per heavy atom. The third-order valence-electron chi connectivity index (χ3n) is 3.85. The Kier molecular flexibility index (Phi) is 4.04. The molecule has 5 heteroatoms. The molecular formula is C17H16F2N2O. The smallest absolute Gasteiger partial charge is 0.257 e. The lowest BCUT2D eigenvalue weighted by Gasteiger charge is -2.36. The van der Waals surface area contributed by atoms with Gasteiger partial charge in [0.1, 0.15) is 11.6 Å². The second-order valence-electron chi connectivity index (χ2n) is 5.24. The Hall–Kier alpha value is -2.43. The highest BCUT2D eigenvalue weighted by Crippen LogP contribution is 2.18. The molecule has 0 spiro atoms. The minimum atomic E-state index is -0.683. The molecule has 2 aromatic rings. The molecule has 1 fully saturated rings. The summed E-state index contributed by atoms with van der Waals surface area (Å²) in [5, 5.41) is 0. The standard InChI is InChI=1S/C17H16F2N2O/c18-13-6-7-16(19)15(12-13)17(22)21-10-8-20(9-11-21)14-4-2-1-3-5-14/h1-7,12H,8-11H2. The number of para-hydroxylation sites is 1. The number of carbonyl (C=O) groups is 1. The predicted molar refractivity (Wildman–Crippen MR) is 80.9 cm³/mol. The monoisotopic (exact) mass is 302 g/mol.